The molecule has 34 heavy (non-hydrogen) atoms. The molecule has 0 aliphatic heterocycles. The minimum absolute atomic E-state index is 0.0234. The van der Waals surface area contributed by atoms with Crippen LogP contribution in [0.15, 0.2) is 82.2 Å². The fourth-order valence-corrected chi connectivity index (χ4v) is 3.48. The van der Waals surface area contributed by atoms with E-state index in [2.05, 4.69) is 26.1 Å². The van der Waals surface area contributed by atoms with Gasteiger partial charge < -0.3 is 19.2 Å². The maximum atomic E-state index is 12.9. The number of fused-ring (bicyclic) bond motifs is 1. The van der Waals surface area contributed by atoms with Crippen LogP contribution in [0.1, 0.15) is 26.3 Å². The predicted molar refractivity (Wildman–Crippen MR) is 133 cm³/mol. The zero-order valence-corrected chi connectivity index (χ0v) is 19.8. The van der Waals surface area contributed by atoms with E-state index in [0.717, 1.165) is 0 Å². The molecule has 0 unspecified atom stereocenters. The summed E-state index contributed by atoms with van der Waals surface area (Å²) in [4.78, 5) is 25.0. The first kappa shape index (κ1) is 23.4. The normalized spacial score (nSPS) is 11.3. The molecule has 6 nitrogen and oxygen atoms in total. The van der Waals surface area contributed by atoms with Gasteiger partial charge in [-0.15, -0.1) is 0 Å². The molecule has 4 aromatic rings. The molecule has 0 spiro atoms. The van der Waals surface area contributed by atoms with Crippen LogP contribution in [0.3, 0.4) is 0 Å². The van der Waals surface area contributed by atoms with Crippen molar-refractivity contribution in [3.63, 3.8) is 0 Å². The Bertz CT molecular complexity index is 1390. The second kappa shape index (κ2) is 9.61. The number of amides is 1. The Morgan fingerprint density at radius 1 is 1.00 bits per heavy atom. The molecule has 0 aliphatic rings. The standard InChI is InChI=1S/C27H24ClNO5/c1-27(2,3)17-8-10-18(11-9-17)34-24-15-33-23-14-19(12-13-20(23)26(24)31)32-16-25(30)29-22-7-5-4-6-21(22)28/h4-15H,16H2,1-3H3,(H,29,30). The third-order valence-electron chi connectivity index (χ3n) is 5.18. The number of anilines is 1. The van der Waals surface area contributed by atoms with Crippen LogP contribution < -0.4 is 20.2 Å². The van der Waals surface area contributed by atoms with Crippen molar-refractivity contribution in [2.75, 3.05) is 11.9 Å². The van der Waals surface area contributed by atoms with E-state index in [1.165, 1.54) is 11.8 Å². The summed E-state index contributed by atoms with van der Waals surface area (Å²) in [7, 11) is 0. The lowest BCUT2D eigenvalue weighted by Gasteiger charge is -2.19. The molecule has 4 rings (SSSR count). The predicted octanol–water partition coefficient (Wildman–Crippen LogP) is 6.55. The Balaban J connectivity index is 1.44. The van der Waals surface area contributed by atoms with Gasteiger partial charge in [-0.25, -0.2) is 0 Å². The molecule has 1 amide bonds. The van der Waals surface area contributed by atoms with E-state index < -0.39 is 0 Å². The first-order valence-corrected chi connectivity index (χ1v) is 11.1. The number of halogens is 1. The molecule has 174 valence electrons. The topological polar surface area (TPSA) is 77.8 Å². The van der Waals surface area contributed by atoms with Gasteiger partial charge in [-0.1, -0.05) is 56.6 Å². The number of carbonyl (C=O) groups excluding carboxylic acids is 1. The Kier molecular flexibility index (Phi) is 6.61. The Morgan fingerprint density at radius 2 is 1.71 bits per heavy atom. The zero-order chi connectivity index (χ0) is 24.3. The number of hydrogen-bond acceptors (Lipinski definition) is 5. The third kappa shape index (κ3) is 5.41. The first-order chi connectivity index (χ1) is 16.2. The zero-order valence-electron chi connectivity index (χ0n) is 19.1. The highest BCUT2D eigenvalue weighted by Gasteiger charge is 2.15. The molecule has 0 bridgehead atoms. The van der Waals surface area contributed by atoms with Crippen LogP contribution in [0, 0.1) is 0 Å². The van der Waals surface area contributed by atoms with E-state index in [1.54, 1.807) is 42.5 Å². The quantitative estimate of drug-likeness (QED) is 0.340. The van der Waals surface area contributed by atoms with Crippen LogP contribution >= 0.6 is 11.6 Å². The van der Waals surface area contributed by atoms with E-state index in [9.17, 15) is 9.59 Å². The van der Waals surface area contributed by atoms with Gasteiger partial charge in [-0.2, -0.15) is 0 Å². The molecular formula is C27H24ClNO5. The molecule has 0 fully saturated rings. The van der Waals surface area contributed by atoms with Crippen molar-refractivity contribution < 1.29 is 18.7 Å². The van der Waals surface area contributed by atoms with Crippen molar-refractivity contribution in [1.82, 2.24) is 0 Å². The minimum Gasteiger partial charge on any atom is -0.484 e. The summed E-state index contributed by atoms with van der Waals surface area (Å²) in [6, 6.07) is 19.3. The summed E-state index contributed by atoms with van der Waals surface area (Å²) < 4.78 is 16.9. The number of ether oxygens (including phenoxy) is 2. The number of nitrogens with one attached hydrogen (secondary N) is 1. The van der Waals surface area contributed by atoms with Gasteiger partial charge in [0.15, 0.2) is 6.61 Å². The van der Waals surface area contributed by atoms with Crippen molar-refractivity contribution >= 4 is 34.2 Å². The van der Waals surface area contributed by atoms with Crippen molar-refractivity contribution in [2.24, 2.45) is 0 Å². The lowest BCUT2D eigenvalue weighted by Crippen LogP contribution is -2.20. The highest BCUT2D eigenvalue weighted by atomic mass is 35.5. The van der Waals surface area contributed by atoms with Crippen molar-refractivity contribution in [3.05, 3.63) is 93.8 Å². The van der Waals surface area contributed by atoms with Gasteiger partial charge in [0.05, 0.1) is 16.1 Å². The van der Waals surface area contributed by atoms with Gasteiger partial charge in [0.1, 0.15) is 23.3 Å². The van der Waals surface area contributed by atoms with Crippen LogP contribution in [-0.4, -0.2) is 12.5 Å². The van der Waals surface area contributed by atoms with Crippen molar-refractivity contribution in [3.8, 4) is 17.2 Å². The Morgan fingerprint density at radius 3 is 2.41 bits per heavy atom. The molecule has 7 heteroatoms. The molecule has 1 N–H and O–H groups in total. The lowest BCUT2D eigenvalue weighted by molar-refractivity contribution is -0.118. The highest BCUT2D eigenvalue weighted by Crippen LogP contribution is 2.27. The molecular weight excluding hydrogens is 454 g/mol. The summed E-state index contributed by atoms with van der Waals surface area (Å²) in [6.45, 7) is 6.16. The summed E-state index contributed by atoms with van der Waals surface area (Å²) in [5.41, 5.74) is 1.71. The maximum absolute atomic E-state index is 12.9. The molecule has 3 aromatic carbocycles. The van der Waals surface area contributed by atoms with Gasteiger partial charge in [0.25, 0.3) is 5.91 Å². The highest BCUT2D eigenvalue weighted by molar-refractivity contribution is 6.33. The number of para-hydroxylation sites is 1. The third-order valence-corrected chi connectivity index (χ3v) is 5.51. The van der Waals surface area contributed by atoms with E-state index in [-0.39, 0.29) is 29.1 Å². The van der Waals surface area contributed by atoms with Crippen molar-refractivity contribution in [2.45, 2.75) is 26.2 Å². The minimum atomic E-state index is -0.365. The molecule has 0 saturated carbocycles. The first-order valence-electron chi connectivity index (χ1n) is 10.7. The molecule has 0 saturated heterocycles. The van der Waals surface area contributed by atoms with Gasteiger partial charge >= 0.3 is 0 Å². The van der Waals surface area contributed by atoms with Crippen LogP contribution in [0.4, 0.5) is 5.69 Å². The van der Waals surface area contributed by atoms with Crippen molar-refractivity contribution in [1.29, 1.82) is 0 Å². The summed E-state index contributed by atoms with van der Waals surface area (Å²) in [6.07, 6.45) is 1.27. The SMILES string of the molecule is CC(C)(C)c1ccc(Oc2coc3cc(OCC(=O)Nc4ccccc4Cl)ccc3c2=O)cc1. The van der Waals surface area contributed by atoms with Gasteiger partial charge in [-0.05, 0) is 47.4 Å². The smallest absolute Gasteiger partial charge is 0.262 e. The molecule has 0 atom stereocenters. The largest absolute Gasteiger partial charge is 0.484 e. The van der Waals surface area contributed by atoms with E-state index >= 15 is 0 Å². The summed E-state index contributed by atoms with van der Waals surface area (Å²) in [5, 5.41) is 3.46. The monoisotopic (exact) mass is 477 g/mol. The molecule has 1 heterocycles. The van der Waals surface area contributed by atoms with Gasteiger partial charge in [-0.3, -0.25) is 9.59 Å². The molecule has 1 aromatic heterocycles. The second-order valence-corrected chi connectivity index (χ2v) is 9.19. The van der Waals surface area contributed by atoms with E-state index in [0.29, 0.717) is 33.2 Å². The average molecular weight is 478 g/mol. The Labute approximate surface area is 202 Å². The Hall–Kier alpha value is -3.77. The van der Waals surface area contributed by atoms with Crippen LogP contribution in [0.25, 0.3) is 11.0 Å². The van der Waals surface area contributed by atoms with Crippen LogP contribution in [-0.2, 0) is 10.2 Å². The fraction of sp³-hybridized carbons (Fsp3) is 0.185. The second-order valence-electron chi connectivity index (χ2n) is 8.78. The lowest BCUT2D eigenvalue weighted by atomic mass is 9.87. The molecule has 0 aliphatic carbocycles. The number of carbonyl (C=O) groups is 1. The number of hydrogen-bond donors (Lipinski definition) is 1. The van der Waals surface area contributed by atoms with Crippen LogP contribution in [0.5, 0.6) is 17.2 Å². The number of rotatable bonds is 6. The van der Waals surface area contributed by atoms with E-state index in [4.69, 9.17) is 25.5 Å². The van der Waals surface area contributed by atoms with Gasteiger partial charge in [0.2, 0.25) is 11.2 Å². The van der Waals surface area contributed by atoms with Gasteiger partial charge in [0, 0.05) is 6.07 Å². The fourth-order valence-electron chi connectivity index (χ4n) is 3.30. The van der Waals surface area contributed by atoms with E-state index in [1.807, 2.05) is 24.3 Å². The molecule has 0 radical (unpaired) electrons. The number of benzene rings is 3. The van der Waals surface area contributed by atoms with Crippen LogP contribution in [0.2, 0.25) is 5.02 Å². The summed E-state index contributed by atoms with van der Waals surface area (Å²) in [5.74, 6) is 0.653. The average Bonchev–Trinajstić information content (AvgIpc) is 2.81. The maximum Gasteiger partial charge on any atom is 0.262 e. The summed E-state index contributed by atoms with van der Waals surface area (Å²) >= 11 is 6.05.